The molecule has 3 aromatic rings. The zero-order valence-electron chi connectivity index (χ0n) is 10.5. The average molecular weight is 309 g/mol. The molecular formula is C14H10ClFN2OS. The summed E-state index contributed by atoms with van der Waals surface area (Å²) in [6, 6.07) is 6.13. The molecule has 0 atom stereocenters. The molecule has 2 heterocycles. The zero-order chi connectivity index (χ0) is 14.3. The van der Waals surface area contributed by atoms with Crippen molar-refractivity contribution in [2.45, 2.75) is 6.92 Å². The zero-order valence-corrected chi connectivity index (χ0v) is 12.1. The van der Waals surface area contributed by atoms with E-state index in [-0.39, 0.29) is 11.7 Å². The molecule has 0 radical (unpaired) electrons. The van der Waals surface area contributed by atoms with Crippen molar-refractivity contribution in [1.29, 1.82) is 0 Å². The summed E-state index contributed by atoms with van der Waals surface area (Å²) in [5.41, 5.74) is 8.50. The fourth-order valence-electron chi connectivity index (χ4n) is 1.97. The first-order valence-corrected chi connectivity index (χ1v) is 7.08. The molecule has 0 amide bonds. The number of thiophene rings is 1. The molecule has 102 valence electrons. The van der Waals surface area contributed by atoms with Crippen LogP contribution < -0.4 is 5.73 Å². The molecule has 3 rings (SSSR count). The summed E-state index contributed by atoms with van der Waals surface area (Å²) in [5, 5.41) is 6.51. The molecule has 0 unspecified atom stereocenters. The molecule has 2 N–H and O–H groups in total. The van der Waals surface area contributed by atoms with E-state index in [1.165, 1.54) is 23.5 Å². The lowest BCUT2D eigenvalue weighted by molar-refractivity contribution is 0.439. The van der Waals surface area contributed by atoms with Crippen LogP contribution >= 0.6 is 22.9 Å². The van der Waals surface area contributed by atoms with Gasteiger partial charge in [0.25, 0.3) is 0 Å². The van der Waals surface area contributed by atoms with Gasteiger partial charge in [0, 0.05) is 0 Å². The smallest absolute Gasteiger partial charge is 0.230 e. The maximum absolute atomic E-state index is 13.4. The topological polar surface area (TPSA) is 52.0 Å². The van der Waals surface area contributed by atoms with E-state index in [4.69, 9.17) is 21.9 Å². The van der Waals surface area contributed by atoms with Crippen LogP contribution in [0.3, 0.4) is 0 Å². The van der Waals surface area contributed by atoms with Gasteiger partial charge in [0.2, 0.25) is 5.88 Å². The third-order valence-corrected chi connectivity index (χ3v) is 4.65. The van der Waals surface area contributed by atoms with Gasteiger partial charge in [0.15, 0.2) is 0 Å². The first-order chi connectivity index (χ1) is 9.58. The second kappa shape index (κ2) is 4.92. The number of nitrogen functional groups attached to an aromatic ring is 1. The lowest BCUT2D eigenvalue weighted by atomic mass is 10.0. The van der Waals surface area contributed by atoms with Crippen LogP contribution in [-0.2, 0) is 0 Å². The van der Waals surface area contributed by atoms with Crippen LogP contribution in [0, 0.1) is 12.7 Å². The molecule has 0 aliphatic carbocycles. The molecule has 0 bridgehead atoms. The summed E-state index contributed by atoms with van der Waals surface area (Å²) in [5.74, 6) is -0.199. The van der Waals surface area contributed by atoms with Crippen molar-refractivity contribution in [3.63, 3.8) is 0 Å². The third kappa shape index (κ3) is 2.09. The Balaban J connectivity index is 2.22. The van der Waals surface area contributed by atoms with Crippen molar-refractivity contribution in [1.82, 2.24) is 5.16 Å². The van der Waals surface area contributed by atoms with Crippen LogP contribution in [0.15, 0.2) is 34.2 Å². The monoisotopic (exact) mass is 308 g/mol. The second-order valence-corrected chi connectivity index (χ2v) is 5.60. The summed E-state index contributed by atoms with van der Waals surface area (Å²) < 4.78 is 18.5. The summed E-state index contributed by atoms with van der Waals surface area (Å²) in [7, 11) is 0. The molecule has 1 aromatic carbocycles. The number of aryl methyl sites for hydroxylation is 1. The fraction of sp³-hybridized carbons (Fsp3) is 0.0714. The van der Waals surface area contributed by atoms with Gasteiger partial charge < -0.3 is 10.3 Å². The summed E-state index contributed by atoms with van der Waals surface area (Å²) in [6.45, 7) is 1.91. The van der Waals surface area contributed by atoms with Gasteiger partial charge in [0.1, 0.15) is 11.5 Å². The van der Waals surface area contributed by atoms with Crippen LogP contribution in [0.25, 0.3) is 21.7 Å². The molecule has 0 aliphatic heterocycles. The van der Waals surface area contributed by atoms with E-state index in [1.807, 2.05) is 12.3 Å². The molecule has 3 nitrogen and oxygen atoms in total. The number of benzene rings is 1. The maximum atomic E-state index is 13.4. The van der Waals surface area contributed by atoms with E-state index in [2.05, 4.69) is 5.16 Å². The van der Waals surface area contributed by atoms with Crippen molar-refractivity contribution in [3.05, 3.63) is 46.0 Å². The molecule has 0 saturated heterocycles. The van der Waals surface area contributed by atoms with E-state index in [9.17, 15) is 4.39 Å². The summed E-state index contributed by atoms with van der Waals surface area (Å²) in [6.07, 6.45) is 0. The van der Waals surface area contributed by atoms with Crippen LogP contribution in [0.4, 0.5) is 10.3 Å². The predicted octanol–water partition coefficient (Wildman–Crippen LogP) is 4.75. The number of halogens is 2. The Morgan fingerprint density at radius 3 is 2.85 bits per heavy atom. The third-order valence-electron chi connectivity index (χ3n) is 2.95. The Morgan fingerprint density at radius 2 is 2.20 bits per heavy atom. The quantitative estimate of drug-likeness (QED) is 0.743. The SMILES string of the molecule is Cc1csc(-c2noc(N)c2-c2cccc(F)c2)c1Cl. The lowest BCUT2D eigenvalue weighted by Gasteiger charge is -2.02. The predicted molar refractivity (Wildman–Crippen MR) is 79.4 cm³/mol. The minimum Gasteiger partial charge on any atom is -0.367 e. The van der Waals surface area contributed by atoms with E-state index in [1.54, 1.807) is 12.1 Å². The summed E-state index contributed by atoms with van der Waals surface area (Å²) in [4.78, 5) is 0.767. The van der Waals surface area contributed by atoms with E-state index in [0.29, 0.717) is 21.8 Å². The number of nitrogens with two attached hydrogens (primary N) is 1. The Hall–Kier alpha value is -1.85. The number of nitrogens with zero attached hydrogens (tertiary/aromatic N) is 1. The number of hydrogen-bond acceptors (Lipinski definition) is 4. The van der Waals surface area contributed by atoms with E-state index in [0.717, 1.165) is 10.4 Å². The highest BCUT2D eigenvalue weighted by Gasteiger charge is 2.21. The molecular weight excluding hydrogens is 299 g/mol. The van der Waals surface area contributed by atoms with Crippen molar-refractivity contribution < 1.29 is 8.91 Å². The first kappa shape index (κ1) is 13.1. The van der Waals surface area contributed by atoms with E-state index >= 15 is 0 Å². The highest BCUT2D eigenvalue weighted by molar-refractivity contribution is 7.14. The lowest BCUT2D eigenvalue weighted by Crippen LogP contribution is -1.88. The normalized spacial score (nSPS) is 10.9. The Kier molecular flexibility index (Phi) is 3.23. The van der Waals surface area contributed by atoms with Crippen molar-refractivity contribution in [2.24, 2.45) is 0 Å². The van der Waals surface area contributed by atoms with Crippen molar-refractivity contribution >= 4 is 28.8 Å². The molecule has 20 heavy (non-hydrogen) atoms. The van der Waals surface area contributed by atoms with E-state index < -0.39 is 0 Å². The van der Waals surface area contributed by atoms with Gasteiger partial charge in [-0.2, -0.15) is 0 Å². The Bertz CT molecular complexity index is 781. The minimum absolute atomic E-state index is 0.146. The standard InChI is InChI=1S/C14H10ClFN2OS/c1-7-6-20-13(11(7)15)12-10(14(17)19-18-12)8-3-2-4-9(16)5-8/h2-6H,17H2,1H3. The van der Waals surface area contributed by atoms with Crippen LogP contribution in [0.1, 0.15) is 5.56 Å². The Labute approximate surface area is 123 Å². The molecule has 0 fully saturated rings. The number of anilines is 1. The largest absolute Gasteiger partial charge is 0.367 e. The van der Waals surface area contributed by atoms with Crippen LogP contribution in [0.2, 0.25) is 5.02 Å². The van der Waals surface area contributed by atoms with Crippen LogP contribution in [0.5, 0.6) is 0 Å². The van der Waals surface area contributed by atoms with Crippen molar-refractivity contribution in [2.75, 3.05) is 5.73 Å². The highest BCUT2D eigenvalue weighted by Crippen LogP contribution is 2.43. The number of aromatic nitrogens is 1. The number of hydrogen-bond donors (Lipinski definition) is 1. The Morgan fingerprint density at radius 1 is 1.40 bits per heavy atom. The second-order valence-electron chi connectivity index (χ2n) is 4.34. The molecule has 0 aliphatic rings. The van der Waals surface area contributed by atoms with Gasteiger partial charge in [-0.15, -0.1) is 11.3 Å². The van der Waals surface area contributed by atoms with Gasteiger partial charge >= 0.3 is 0 Å². The maximum Gasteiger partial charge on any atom is 0.230 e. The highest BCUT2D eigenvalue weighted by atomic mass is 35.5. The minimum atomic E-state index is -0.345. The van der Waals surface area contributed by atoms with Crippen LogP contribution in [-0.4, -0.2) is 5.16 Å². The van der Waals surface area contributed by atoms with Gasteiger partial charge in [-0.25, -0.2) is 4.39 Å². The first-order valence-electron chi connectivity index (χ1n) is 5.83. The number of rotatable bonds is 2. The average Bonchev–Trinajstić information content (AvgIpc) is 2.94. The van der Waals surface area contributed by atoms with Gasteiger partial charge in [-0.05, 0) is 35.6 Å². The summed E-state index contributed by atoms with van der Waals surface area (Å²) >= 11 is 7.71. The van der Waals surface area contributed by atoms with Gasteiger partial charge in [0.05, 0.1) is 15.5 Å². The molecule has 6 heteroatoms. The fourth-order valence-corrected chi connectivity index (χ4v) is 3.24. The molecule has 0 saturated carbocycles. The van der Waals surface area contributed by atoms with Gasteiger partial charge in [-0.1, -0.05) is 28.9 Å². The molecule has 0 spiro atoms. The van der Waals surface area contributed by atoms with Gasteiger partial charge in [-0.3, -0.25) is 0 Å². The van der Waals surface area contributed by atoms with Crippen molar-refractivity contribution in [3.8, 4) is 21.7 Å². The molecule has 2 aromatic heterocycles.